The Morgan fingerprint density at radius 2 is 1.96 bits per heavy atom. The topological polar surface area (TPSA) is 65.2 Å². The molecular weight excluding hydrogens is 350 g/mol. The second-order valence-corrected chi connectivity index (χ2v) is 9.98. The molecule has 0 bridgehead atoms. The zero-order chi connectivity index (χ0) is 20.3. The van der Waals surface area contributed by atoms with E-state index in [0.717, 1.165) is 48.8 Å². The summed E-state index contributed by atoms with van der Waals surface area (Å²) >= 11 is 0. The molecule has 0 spiro atoms. The van der Waals surface area contributed by atoms with Crippen LogP contribution in [0.25, 0.3) is 10.9 Å². The number of benzene rings is 1. The molecule has 2 N–H and O–H groups in total. The zero-order valence-corrected chi connectivity index (χ0v) is 17.6. The van der Waals surface area contributed by atoms with Crippen molar-refractivity contribution in [1.82, 2.24) is 15.2 Å². The molecule has 1 aromatic carbocycles. The van der Waals surface area contributed by atoms with Crippen LogP contribution in [0.5, 0.6) is 0 Å². The van der Waals surface area contributed by atoms with E-state index in [-0.39, 0.29) is 28.6 Å². The summed E-state index contributed by atoms with van der Waals surface area (Å²) < 4.78 is 0. The minimum absolute atomic E-state index is 0.0302. The van der Waals surface area contributed by atoms with Crippen molar-refractivity contribution in [1.29, 1.82) is 0 Å². The van der Waals surface area contributed by atoms with E-state index in [0.29, 0.717) is 11.3 Å². The largest absolute Gasteiger partial charge is 0.352 e. The minimum Gasteiger partial charge on any atom is -0.352 e. The number of nitrogens with zero attached hydrogens (tertiary/aromatic N) is 1. The smallest absolute Gasteiger partial charge is 0.251 e. The number of aromatic amines is 1. The van der Waals surface area contributed by atoms with Gasteiger partial charge in [0.25, 0.3) is 5.91 Å². The Morgan fingerprint density at radius 1 is 1.21 bits per heavy atom. The van der Waals surface area contributed by atoms with Gasteiger partial charge in [-0.15, -0.1) is 0 Å². The number of rotatable bonds is 2. The van der Waals surface area contributed by atoms with Crippen molar-refractivity contribution in [2.24, 2.45) is 5.41 Å². The predicted octanol–water partition coefficient (Wildman–Crippen LogP) is 3.88. The van der Waals surface area contributed by atoms with Crippen molar-refractivity contribution in [2.75, 3.05) is 20.1 Å². The van der Waals surface area contributed by atoms with Gasteiger partial charge in [0.05, 0.1) is 5.69 Å². The first kappa shape index (κ1) is 19.2. The number of ketones is 1. The summed E-state index contributed by atoms with van der Waals surface area (Å²) in [5.41, 5.74) is 2.84. The summed E-state index contributed by atoms with van der Waals surface area (Å²) in [4.78, 5) is 31.5. The van der Waals surface area contributed by atoms with Gasteiger partial charge in [-0.2, -0.15) is 0 Å². The van der Waals surface area contributed by atoms with Crippen molar-refractivity contribution in [3.63, 3.8) is 0 Å². The van der Waals surface area contributed by atoms with Crippen LogP contribution >= 0.6 is 0 Å². The van der Waals surface area contributed by atoms with Gasteiger partial charge >= 0.3 is 0 Å². The Bertz CT molecular complexity index is 954. The number of hydrogen-bond acceptors (Lipinski definition) is 3. The summed E-state index contributed by atoms with van der Waals surface area (Å²) in [6.45, 7) is 10.4. The van der Waals surface area contributed by atoms with Crippen molar-refractivity contribution in [2.45, 2.75) is 58.4 Å². The van der Waals surface area contributed by atoms with E-state index in [1.807, 2.05) is 32.0 Å². The minimum atomic E-state index is -0.384. The van der Waals surface area contributed by atoms with Gasteiger partial charge in [-0.25, -0.2) is 0 Å². The fourth-order valence-corrected chi connectivity index (χ4v) is 5.37. The third-order valence-corrected chi connectivity index (χ3v) is 6.42. The van der Waals surface area contributed by atoms with Crippen LogP contribution in [0.15, 0.2) is 18.2 Å². The number of carbonyl (C=O) groups excluding carboxylic acids is 2. The molecule has 5 heteroatoms. The van der Waals surface area contributed by atoms with Gasteiger partial charge in [0.1, 0.15) is 0 Å². The van der Waals surface area contributed by atoms with Gasteiger partial charge in [0, 0.05) is 34.5 Å². The molecule has 5 nitrogen and oxygen atoms in total. The van der Waals surface area contributed by atoms with Gasteiger partial charge in [-0.05, 0) is 62.0 Å². The van der Waals surface area contributed by atoms with Crippen molar-refractivity contribution in [3.8, 4) is 0 Å². The van der Waals surface area contributed by atoms with Gasteiger partial charge in [0.15, 0.2) is 5.78 Å². The molecule has 1 amide bonds. The highest BCUT2D eigenvalue weighted by molar-refractivity contribution is 6.08. The van der Waals surface area contributed by atoms with E-state index in [9.17, 15) is 9.59 Å². The van der Waals surface area contributed by atoms with Crippen LogP contribution in [0, 0.1) is 5.41 Å². The van der Waals surface area contributed by atoms with Gasteiger partial charge in [0.2, 0.25) is 0 Å². The summed E-state index contributed by atoms with van der Waals surface area (Å²) in [6.07, 6.45) is 2.93. The predicted molar refractivity (Wildman–Crippen MR) is 112 cm³/mol. The van der Waals surface area contributed by atoms with Crippen LogP contribution in [0.1, 0.15) is 73.4 Å². The van der Waals surface area contributed by atoms with Crippen LogP contribution < -0.4 is 5.32 Å². The quantitative estimate of drug-likeness (QED) is 0.830. The SMILES string of the molecule is CN1CCC[C@H](NC(=O)c2ccc3[nH]c4c(c3c2)C(C)(C)CC(C)(C)C4=O)C1. The number of nitrogens with one attached hydrogen (secondary N) is 2. The maximum Gasteiger partial charge on any atom is 0.251 e. The Labute approximate surface area is 166 Å². The fraction of sp³-hybridized carbons (Fsp3) is 0.565. The number of Topliss-reactive ketones (excluding diaryl/α,β-unsaturated/α-hetero) is 1. The highest BCUT2D eigenvalue weighted by atomic mass is 16.1. The lowest BCUT2D eigenvalue weighted by molar-refractivity contribution is 0.0759. The first-order chi connectivity index (χ1) is 13.1. The number of amides is 1. The standard InChI is InChI=1S/C23H31N3O2/c1-22(2)13-23(3,4)20(27)19-18(22)16-11-14(8-9-17(16)25-19)21(28)24-15-7-6-10-26(5)12-15/h8-9,11,15,25H,6-7,10,12-13H2,1-5H3,(H,24,28)/t15-/m0/s1. The zero-order valence-electron chi connectivity index (χ0n) is 17.6. The molecule has 2 aliphatic rings. The van der Waals surface area contributed by atoms with Crippen LogP contribution in [-0.2, 0) is 5.41 Å². The van der Waals surface area contributed by atoms with Crippen LogP contribution in [0.3, 0.4) is 0 Å². The van der Waals surface area contributed by atoms with E-state index < -0.39 is 0 Å². The van der Waals surface area contributed by atoms with E-state index in [4.69, 9.17) is 0 Å². The molecule has 0 radical (unpaired) electrons. The fourth-order valence-electron chi connectivity index (χ4n) is 5.37. The molecule has 150 valence electrons. The molecule has 1 fully saturated rings. The second-order valence-electron chi connectivity index (χ2n) is 9.98. The molecule has 2 aromatic rings. The van der Waals surface area contributed by atoms with Crippen LogP contribution in [-0.4, -0.2) is 47.8 Å². The second kappa shape index (κ2) is 6.45. The number of likely N-dealkylation sites (N-methyl/N-ethyl adjacent to an activating group) is 1. The molecule has 0 saturated carbocycles. The summed E-state index contributed by atoms with van der Waals surface area (Å²) in [7, 11) is 2.09. The monoisotopic (exact) mass is 381 g/mol. The normalized spacial score (nSPS) is 24.2. The maximum absolute atomic E-state index is 13.0. The Kier molecular flexibility index (Phi) is 4.42. The average Bonchev–Trinajstić information content (AvgIpc) is 2.98. The maximum atomic E-state index is 13.0. The Hall–Kier alpha value is -2.14. The highest BCUT2D eigenvalue weighted by Gasteiger charge is 2.45. The average molecular weight is 382 g/mol. The first-order valence-corrected chi connectivity index (χ1v) is 10.3. The van der Waals surface area contributed by atoms with Gasteiger partial charge in [-0.3, -0.25) is 9.59 Å². The third-order valence-electron chi connectivity index (χ3n) is 6.42. The summed E-state index contributed by atoms with van der Waals surface area (Å²) in [5, 5.41) is 4.18. The van der Waals surface area contributed by atoms with Crippen molar-refractivity contribution >= 4 is 22.6 Å². The summed E-state index contributed by atoms with van der Waals surface area (Å²) in [5.74, 6) is 0.131. The van der Waals surface area contributed by atoms with E-state index in [1.165, 1.54) is 0 Å². The molecule has 1 aromatic heterocycles. The highest BCUT2D eigenvalue weighted by Crippen LogP contribution is 2.48. The molecule has 1 aliphatic carbocycles. The Morgan fingerprint density at radius 3 is 2.68 bits per heavy atom. The lowest BCUT2D eigenvalue weighted by atomic mass is 9.63. The van der Waals surface area contributed by atoms with Crippen molar-refractivity contribution in [3.05, 3.63) is 35.0 Å². The molecule has 0 unspecified atom stereocenters. The van der Waals surface area contributed by atoms with Gasteiger partial charge < -0.3 is 15.2 Å². The van der Waals surface area contributed by atoms with E-state index >= 15 is 0 Å². The molecule has 4 rings (SSSR count). The number of aromatic nitrogens is 1. The number of H-pyrrole nitrogens is 1. The van der Waals surface area contributed by atoms with E-state index in [2.05, 4.69) is 36.1 Å². The lowest BCUT2D eigenvalue weighted by Gasteiger charge is -2.39. The Balaban J connectivity index is 1.70. The molecular formula is C23H31N3O2. The molecule has 1 atom stereocenters. The number of likely N-dealkylation sites (tertiary alicyclic amines) is 1. The van der Waals surface area contributed by atoms with E-state index in [1.54, 1.807) is 0 Å². The van der Waals surface area contributed by atoms with Crippen LogP contribution in [0.2, 0.25) is 0 Å². The molecule has 1 aliphatic heterocycles. The van der Waals surface area contributed by atoms with Gasteiger partial charge in [-0.1, -0.05) is 27.7 Å². The number of hydrogen-bond donors (Lipinski definition) is 2. The summed E-state index contributed by atoms with van der Waals surface area (Å²) in [6, 6.07) is 5.95. The molecule has 2 heterocycles. The third kappa shape index (κ3) is 3.16. The van der Waals surface area contributed by atoms with Crippen LogP contribution in [0.4, 0.5) is 0 Å². The van der Waals surface area contributed by atoms with Crippen molar-refractivity contribution < 1.29 is 9.59 Å². The number of fused-ring (bicyclic) bond motifs is 3. The number of piperidine rings is 1. The molecule has 1 saturated heterocycles. The first-order valence-electron chi connectivity index (χ1n) is 10.3. The molecule has 28 heavy (non-hydrogen) atoms. The number of carbonyl (C=O) groups is 2. The lowest BCUT2D eigenvalue weighted by Crippen LogP contribution is -2.46.